The Morgan fingerprint density at radius 2 is 1.73 bits per heavy atom. The molecule has 2 nitrogen and oxygen atoms in total. The summed E-state index contributed by atoms with van der Waals surface area (Å²) in [5.74, 6) is -0.787. The monoisotopic (exact) mass is 190 g/mol. The second-order valence-corrected chi connectivity index (χ2v) is 2.90. The van der Waals surface area contributed by atoms with Crippen LogP contribution in [0.15, 0.2) is 21.7 Å². The van der Waals surface area contributed by atoms with Crippen molar-refractivity contribution in [3.8, 4) is 0 Å². The van der Waals surface area contributed by atoms with Gasteiger partial charge in [0, 0.05) is 5.57 Å². The van der Waals surface area contributed by atoms with Crippen molar-refractivity contribution in [2.24, 2.45) is 0 Å². The van der Waals surface area contributed by atoms with Gasteiger partial charge in [-0.3, -0.25) is 9.59 Å². The van der Waals surface area contributed by atoms with Crippen LogP contribution in [0.4, 0.5) is 0 Å². The summed E-state index contributed by atoms with van der Waals surface area (Å²) < 4.78 is 0. The molecule has 0 fully saturated rings. The molecule has 0 aromatic carbocycles. The van der Waals surface area contributed by atoms with Crippen LogP contribution in [-0.4, -0.2) is 11.6 Å². The Kier molecular flexibility index (Phi) is 2.16. The number of carbonyl (C=O) groups excluding carboxylic acids is 2. The number of Topliss-reactive ketones (excluding diaryl/α,β-unsaturated/α-hetero) is 1. The molecule has 0 atom stereocenters. The molecule has 0 spiro atoms. The van der Waals surface area contributed by atoms with E-state index in [-0.39, 0.29) is 15.8 Å². The molecule has 0 bridgehead atoms. The van der Waals surface area contributed by atoms with Gasteiger partial charge in [0.05, 0.1) is 0 Å². The van der Waals surface area contributed by atoms with E-state index in [0.717, 1.165) is 0 Å². The molecule has 0 saturated carbocycles. The largest absolute Gasteiger partial charge is 0.288 e. The summed E-state index contributed by atoms with van der Waals surface area (Å²) in [6.45, 7) is 1.52. The molecular weight excluding hydrogens is 187 g/mol. The van der Waals surface area contributed by atoms with Crippen LogP contribution in [0.1, 0.15) is 6.92 Å². The SMILES string of the molecule is CC1=CC(=O)C(Cl)=C(Cl)C1=O. The smallest absolute Gasteiger partial charge is 0.201 e. The Balaban J connectivity index is 3.19. The van der Waals surface area contributed by atoms with E-state index < -0.39 is 5.78 Å². The highest BCUT2D eigenvalue weighted by Gasteiger charge is 2.23. The van der Waals surface area contributed by atoms with E-state index in [2.05, 4.69) is 0 Å². The Hall–Kier alpha value is -0.600. The third kappa shape index (κ3) is 1.37. The Morgan fingerprint density at radius 1 is 1.18 bits per heavy atom. The molecule has 1 aliphatic rings. The van der Waals surface area contributed by atoms with E-state index in [1.54, 1.807) is 0 Å². The van der Waals surface area contributed by atoms with Gasteiger partial charge < -0.3 is 0 Å². The highest BCUT2D eigenvalue weighted by atomic mass is 35.5. The normalized spacial score (nSPS) is 19.0. The highest BCUT2D eigenvalue weighted by molar-refractivity contribution is 6.58. The molecule has 1 rings (SSSR count). The number of rotatable bonds is 0. The number of ketones is 2. The molecule has 0 heterocycles. The van der Waals surface area contributed by atoms with Crippen LogP contribution in [0.25, 0.3) is 0 Å². The van der Waals surface area contributed by atoms with Crippen LogP contribution in [0.5, 0.6) is 0 Å². The molecule has 0 aliphatic heterocycles. The predicted molar refractivity (Wildman–Crippen MR) is 42.5 cm³/mol. The number of allylic oxidation sites excluding steroid dienone is 4. The topological polar surface area (TPSA) is 34.1 Å². The first-order valence-electron chi connectivity index (χ1n) is 2.86. The van der Waals surface area contributed by atoms with Crippen LogP contribution < -0.4 is 0 Å². The predicted octanol–water partition coefficient (Wildman–Crippen LogP) is 1.77. The summed E-state index contributed by atoms with van der Waals surface area (Å²) in [5, 5.41) is -0.376. The fraction of sp³-hybridized carbons (Fsp3) is 0.143. The van der Waals surface area contributed by atoms with Crippen molar-refractivity contribution < 1.29 is 9.59 Å². The molecule has 11 heavy (non-hydrogen) atoms. The van der Waals surface area contributed by atoms with Crippen molar-refractivity contribution in [1.82, 2.24) is 0 Å². The van der Waals surface area contributed by atoms with Crippen molar-refractivity contribution in [3.63, 3.8) is 0 Å². The molecule has 0 unspecified atom stereocenters. The zero-order valence-electron chi connectivity index (χ0n) is 5.65. The number of hydrogen-bond donors (Lipinski definition) is 0. The fourth-order valence-corrected chi connectivity index (χ4v) is 1.09. The van der Waals surface area contributed by atoms with Gasteiger partial charge in [-0.25, -0.2) is 0 Å². The summed E-state index contributed by atoms with van der Waals surface area (Å²) in [4.78, 5) is 21.8. The minimum absolute atomic E-state index is 0.184. The average Bonchev–Trinajstić information content (AvgIpc) is 1.97. The van der Waals surface area contributed by atoms with Gasteiger partial charge in [-0.1, -0.05) is 23.2 Å². The van der Waals surface area contributed by atoms with Crippen LogP contribution in [0.3, 0.4) is 0 Å². The van der Waals surface area contributed by atoms with Gasteiger partial charge in [-0.2, -0.15) is 0 Å². The maximum Gasteiger partial charge on any atom is 0.201 e. The second kappa shape index (κ2) is 2.80. The summed E-state index contributed by atoms with van der Waals surface area (Å²) in [7, 11) is 0. The third-order valence-corrected chi connectivity index (χ3v) is 2.15. The average molecular weight is 191 g/mol. The summed E-state index contributed by atoms with van der Waals surface area (Å²) in [6.07, 6.45) is 1.18. The summed E-state index contributed by atoms with van der Waals surface area (Å²) in [6, 6.07) is 0. The second-order valence-electron chi connectivity index (χ2n) is 2.15. The molecule has 1 aliphatic carbocycles. The standard InChI is InChI=1S/C7H4Cl2O2/c1-3-2-4(10)5(8)6(9)7(3)11/h2H,1H3. The van der Waals surface area contributed by atoms with Crippen molar-refractivity contribution in [1.29, 1.82) is 0 Å². The molecule has 0 aromatic rings. The molecular formula is C7H4Cl2O2. The van der Waals surface area contributed by atoms with E-state index >= 15 is 0 Å². The van der Waals surface area contributed by atoms with Gasteiger partial charge in [-0.05, 0) is 13.0 Å². The lowest BCUT2D eigenvalue weighted by Gasteiger charge is -2.06. The van der Waals surface area contributed by atoms with Gasteiger partial charge >= 0.3 is 0 Å². The van der Waals surface area contributed by atoms with Gasteiger partial charge in [-0.15, -0.1) is 0 Å². The van der Waals surface area contributed by atoms with Crippen LogP contribution in [-0.2, 0) is 9.59 Å². The molecule has 0 aromatic heterocycles. The van der Waals surface area contributed by atoms with E-state index in [9.17, 15) is 9.59 Å². The number of carbonyl (C=O) groups is 2. The quantitative estimate of drug-likeness (QED) is 0.546. The summed E-state index contributed by atoms with van der Waals surface area (Å²) in [5.41, 5.74) is 0.324. The Labute approximate surface area is 73.5 Å². The molecule has 0 radical (unpaired) electrons. The van der Waals surface area contributed by atoms with Crippen molar-refractivity contribution in [2.45, 2.75) is 6.92 Å². The van der Waals surface area contributed by atoms with Gasteiger partial charge in [0.2, 0.25) is 5.78 Å². The third-order valence-electron chi connectivity index (χ3n) is 1.31. The van der Waals surface area contributed by atoms with E-state index in [1.165, 1.54) is 13.0 Å². The first-order valence-corrected chi connectivity index (χ1v) is 3.62. The number of hydrogen-bond acceptors (Lipinski definition) is 2. The molecule has 0 amide bonds. The van der Waals surface area contributed by atoms with Gasteiger partial charge in [0.1, 0.15) is 10.1 Å². The highest BCUT2D eigenvalue weighted by Crippen LogP contribution is 2.24. The van der Waals surface area contributed by atoms with Gasteiger partial charge in [0.25, 0.3) is 0 Å². The van der Waals surface area contributed by atoms with Crippen molar-refractivity contribution >= 4 is 34.8 Å². The molecule has 58 valence electrons. The van der Waals surface area contributed by atoms with Crippen LogP contribution >= 0.6 is 23.2 Å². The van der Waals surface area contributed by atoms with Gasteiger partial charge in [0.15, 0.2) is 5.78 Å². The Morgan fingerprint density at radius 3 is 2.27 bits per heavy atom. The van der Waals surface area contributed by atoms with Crippen molar-refractivity contribution in [3.05, 3.63) is 21.7 Å². The van der Waals surface area contributed by atoms with E-state index in [0.29, 0.717) is 5.57 Å². The lowest BCUT2D eigenvalue weighted by Crippen LogP contribution is -2.12. The van der Waals surface area contributed by atoms with Crippen LogP contribution in [0, 0.1) is 0 Å². The fourth-order valence-electron chi connectivity index (χ4n) is 0.706. The zero-order chi connectivity index (χ0) is 8.59. The molecule has 0 N–H and O–H groups in total. The maximum atomic E-state index is 11.0. The number of halogens is 2. The first kappa shape index (κ1) is 8.50. The maximum absolute atomic E-state index is 11.0. The minimum Gasteiger partial charge on any atom is -0.288 e. The Bertz CT molecular complexity index is 300. The lowest BCUT2D eigenvalue weighted by atomic mass is 10.1. The summed E-state index contributed by atoms with van der Waals surface area (Å²) >= 11 is 10.9. The molecule has 4 heteroatoms. The van der Waals surface area contributed by atoms with E-state index in [1.807, 2.05) is 0 Å². The lowest BCUT2D eigenvalue weighted by molar-refractivity contribution is -0.115. The van der Waals surface area contributed by atoms with Crippen LogP contribution in [0.2, 0.25) is 0 Å². The molecule has 0 saturated heterocycles. The zero-order valence-corrected chi connectivity index (χ0v) is 7.16. The minimum atomic E-state index is -0.409. The first-order chi connectivity index (χ1) is 5.04. The van der Waals surface area contributed by atoms with E-state index in [4.69, 9.17) is 23.2 Å². The van der Waals surface area contributed by atoms with Crippen molar-refractivity contribution in [2.75, 3.05) is 0 Å².